The number of hydrogen-bond donors (Lipinski definition) is 1. The zero-order chi connectivity index (χ0) is 21.4. The van der Waals surface area contributed by atoms with E-state index in [2.05, 4.69) is 5.32 Å². The quantitative estimate of drug-likeness (QED) is 0.608. The summed E-state index contributed by atoms with van der Waals surface area (Å²) in [6, 6.07) is 11.0. The molecule has 0 spiro atoms. The van der Waals surface area contributed by atoms with Crippen LogP contribution in [-0.4, -0.2) is 27.1 Å². The molecule has 3 aromatic rings. The van der Waals surface area contributed by atoms with Gasteiger partial charge >= 0.3 is 6.18 Å². The van der Waals surface area contributed by atoms with Crippen LogP contribution in [0.25, 0.3) is 10.1 Å². The van der Waals surface area contributed by atoms with Gasteiger partial charge in [0.15, 0.2) is 0 Å². The van der Waals surface area contributed by atoms with Gasteiger partial charge < -0.3 is 5.32 Å². The van der Waals surface area contributed by atoms with Crippen molar-refractivity contribution in [3.05, 3.63) is 59.0 Å². The molecule has 5 nitrogen and oxygen atoms in total. The van der Waals surface area contributed by atoms with Crippen LogP contribution in [0.3, 0.4) is 0 Å². The Labute approximate surface area is 169 Å². The van der Waals surface area contributed by atoms with E-state index in [0.29, 0.717) is 16.0 Å². The normalized spacial score (nSPS) is 12.2. The molecular formula is C19H17F3N2O3S2. The molecule has 0 aliphatic rings. The highest BCUT2D eigenvalue weighted by Crippen LogP contribution is 2.32. The van der Waals surface area contributed by atoms with Gasteiger partial charge in [0.05, 0.1) is 21.9 Å². The molecule has 0 saturated carbocycles. The summed E-state index contributed by atoms with van der Waals surface area (Å²) in [7, 11) is -1.97. The standard InChI is InChI=1S/C19H17F3N2O3S2/c1-3-29(26,27)24(2)15-7-8-16-12(9-15)10-17(28-16)18(25)23-14-6-4-5-13(11-14)19(20,21)22/h4-11H,3H2,1-2H3,(H,23,25). The fourth-order valence-electron chi connectivity index (χ4n) is 2.66. The first kappa shape index (κ1) is 21.1. The monoisotopic (exact) mass is 442 g/mol. The van der Waals surface area contributed by atoms with Gasteiger partial charge in [-0.05, 0) is 54.8 Å². The molecule has 1 amide bonds. The zero-order valence-electron chi connectivity index (χ0n) is 15.4. The summed E-state index contributed by atoms with van der Waals surface area (Å²) < 4.78 is 64.5. The molecule has 0 bridgehead atoms. The number of nitrogens with zero attached hydrogens (tertiary/aromatic N) is 1. The Balaban J connectivity index is 1.86. The van der Waals surface area contributed by atoms with Crippen LogP contribution in [0.4, 0.5) is 24.5 Å². The fraction of sp³-hybridized carbons (Fsp3) is 0.211. The Bertz CT molecular complexity index is 1170. The topological polar surface area (TPSA) is 66.5 Å². The number of carbonyl (C=O) groups is 1. The molecule has 10 heteroatoms. The minimum atomic E-state index is -4.50. The zero-order valence-corrected chi connectivity index (χ0v) is 17.1. The third kappa shape index (κ3) is 4.54. The van der Waals surface area contributed by atoms with E-state index in [1.807, 2.05) is 0 Å². The maximum Gasteiger partial charge on any atom is 0.416 e. The van der Waals surface area contributed by atoms with E-state index < -0.39 is 27.7 Å². The lowest BCUT2D eigenvalue weighted by Gasteiger charge is -2.18. The highest BCUT2D eigenvalue weighted by Gasteiger charge is 2.30. The predicted molar refractivity (Wildman–Crippen MR) is 109 cm³/mol. The Morgan fingerprint density at radius 1 is 1.14 bits per heavy atom. The van der Waals surface area contributed by atoms with E-state index in [9.17, 15) is 26.4 Å². The van der Waals surface area contributed by atoms with E-state index in [0.717, 1.165) is 16.8 Å². The molecule has 154 valence electrons. The fourth-order valence-corrected chi connectivity index (χ4v) is 4.42. The second-order valence-corrected chi connectivity index (χ2v) is 9.61. The average molecular weight is 442 g/mol. The Morgan fingerprint density at radius 2 is 1.86 bits per heavy atom. The smallest absolute Gasteiger partial charge is 0.321 e. The Hall–Kier alpha value is -2.59. The lowest BCUT2D eigenvalue weighted by Crippen LogP contribution is -2.27. The first-order valence-electron chi connectivity index (χ1n) is 8.50. The summed E-state index contributed by atoms with van der Waals surface area (Å²) in [6.07, 6.45) is -4.50. The molecule has 0 aliphatic carbocycles. The molecule has 0 aliphatic heterocycles. The number of fused-ring (bicyclic) bond motifs is 1. The molecule has 0 radical (unpaired) electrons. The van der Waals surface area contributed by atoms with Crippen LogP contribution in [0, 0.1) is 0 Å². The molecule has 0 fully saturated rings. The molecule has 29 heavy (non-hydrogen) atoms. The van der Waals surface area contributed by atoms with Crippen molar-refractivity contribution in [2.45, 2.75) is 13.1 Å². The maximum absolute atomic E-state index is 12.8. The number of nitrogens with one attached hydrogen (secondary N) is 1. The first-order chi connectivity index (χ1) is 13.5. The summed E-state index contributed by atoms with van der Waals surface area (Å²) in [4.78, 5) is 12.8. The summed E-state index contributed by atoms with van der Waals surface area (Å²) in [5.41, 5.74) is -0.352. The van der Waals surface area contributed by atoms with Crippen molar-refractivity contribution < 1.29 is 26.4 Å². The largest absolute Gasteiger partial charge is 0.416 e. The SMILES string of the molecule is CCS(=O)(=O)N(C)c1ccc2sc(C(=O)Nc3cccc(C(F)(F)F)c3)cc2c1. The van der Waals surface area contributed by atoms with Gasteiger partial charge in [-0.25, -0.2) is 8.42 Å². The summed E-state index contributed by atoms with van der Waals surface area (Å²) in [5.74, 6) is -0.586. The van der Waals surface area contributed by atoms with E-state index in [1.165, 1.54) is 34.8 Å². The molecule has 3 rings (SSSR count). The van der Waals surface area contributed by atoms with Crippen LogP contribution in [-0.2, 0) is 16.2 Å². The highest BCUT2D eigenvalue weighted by atomic mass is 32.2. The van der Waals surface area contributed by atoms with Gasteiger partial charge in [0.1, 0.15) is 0 Å². The lowest BCUT2D eigenvalue weighted by molar-refractivity contribution is -0.137. The summed E-state index contributed by atoms with van der Waals surface area (Å²) in [6.45, 7) is 1.55. The van der Waals surface area contributed by atoms with Crippen LogP contribution < -0.4 is 9.62 Å². The van der Waals surface area contributed by atoms with Gasteiger partial charge in [0.2, 0.25) is 10.0 Å². The van der Waals surface area contributed by atoms with Crippen LogP contribution in [0.2, 0.25) is 0 Å². The first-order valence-corrected chi connectivity index (χ1v) is 10.9. The molecule has 2 aromatic carbocycles. The molecule has 1 heterocycles. The number of sulfonamides is 1. The van der Waals surface area contributed by atoms with Crippen molar-refractivity contribution in [3.63, 3.8) is 0 Å². The van der Waals surface area contributed by atoms with Gasteiger partial charge in [0.25, 0.3) is 5.91 Å². The number of hydrogen-bond acceptors (Lipinski definition) is 4. The lowest BCUT2D eigenvalue weighted by atomic mass is 10.2. The van der Waals surface area contributed by atoms with Gasteiger partial charge in [-0.3, -0.25) is 9.10 Å². The second-order valence-electron chi connectivity index (χ2n) is 6.23. The number of rotatable bonds is 5. The minimum Gasteiger partial charge on any atom is -0.321 e. The summed E-state index contributed by atoms with van der Waals surface area (Å²) >= 11 is 1.17. The van der Waals surface area contributed by atoms with Crippen LogP contribution in [0.1, 0.15) is 22.2 Å². The Morgan fingerprint density at radius 3 is 2.52 bits per heavy atom. The minimum absolute atomic E-state index is 0.0387. The summed E-state index contributed by atoms with van der Waals surface area (Å²) in [5, 5.41) is 3.13. The van der Waals surface area contributed by atoms with Crippen molar-refractivity contribution in [2.75, 3.05) is 22.4 Å². The van der Waals surface area contributed by atoms with Gasteiger partial charge in [-0.15, -0.1) is 11.3 Å². The van der Waals surface area contributed by atoms with E-state index >= 15 is 0 Å². The molecular weight excluding hydrogens is 425 g/mol. The third-order valence-electron chi connectivity index (χ3n) is 4.32. The highest BCUT2D eigenvalue weighted by molar-refractivity contribution is 7.92. The van der Waals surface area contributed by atoms with Crippen molar-refractivity contribution in [2.24, 2.45) is 0 Å². The van der Waals surface area contributed by atoms with Crippen molar-refractivity contribution in [3.8, 4) is 0 Å². The van der Waals surface area contributed by atoms with Crippen molar-refractivity contribution >= 4 is 48.7 Å². The van der Waals surface area contributed by atoms with Crippen LogP contribution in [0.5, 0.6) is 0 Å². The third-order valence-corrected chi connectivity index (χ3v) is 7.21. The van der Waals surface area contributed by atoms with Crippen LogP contribution in [0.15, 0.2) is 48.5 Å². The second kappa shape index (κ2) is 7.68. The Kier molecular flexibility index (Phi) is 5.59. The molecule has 1 aromatic heterocycles. The van der Waals surface area contributed by atoms with Crippen molar-refractivity contribution in [1.82, 2.24) is 0 Å². The number of halogens is 3. The van der Waals surface area contributed by atoms with Gasteiger partial charge in [-0.1, -0.05) is 6.07 Å². The maximum atomic E-state index is 12.8. The van der Waals surface area contributed by atoms with Gasteiger partial charge in [-0.2, -0.15) is 13.2 Å². The van der Waals surface area contributed by atoms with Crippen LogP contribution >= 0.6 is 11.3 Å². The van der Waals surface area contributed by atoms with Gasteiger partial charge in [0, 0.05) is 17.4 Å². The average Bonchev–Trinajstić information content (AvgIpc) is 3.10. The molecule has 0 unspecified atom stereocenters. The number of anilines is 2. The van der Waals surface area contributed by atoms with E-state index in [-0.39, 0.29) is 11.4 Å². The van der Waals surface area contributed by atoms with Crippen molar-refractivity contribution in [1.29, 1.82) is 0 Å². The molecule has 0 saturated heterocycles. The van der Waals surface area contributed by atoms with E-state index in [4.69, 9.17) is 0 Å². The molecule has 0 atom stereocenters. The number of alkyl halides is 3. The molecule has 1 N–H and O–H groups in total. The number of carbonyl (C=O) groups excluding carboxylic acids is 1. The number of amides is 1. The predicted octanol–water partition coefficient (Wildman–Crippen LogP) is 4.96. The number of benzene rings is 2. The van der Waals surface area contributed by atoms with E-state index in [1.54, 1.807) is 31.2 Å². The number of thiophene rings is 1.